The standard InChI is InChI=1S/C21H14F5N5OS.C9H12N2O2.C7H12FN/c1-3-29-19-9-6-11(21(24,25)26)14(15(23)16(9)30-20(31-19)32-2)8-4-5-12(22)17-13(8)10(7-27)18(28)33-17;1-7-3-2-5-11(7)9(12)8-4-6-13-10-8;8-6-4-7-2-1-3-9(7)5-6/h4-6H,3,28H2,1-2H3,(H,29,30,31);4,6-7H,2-3,5H2,1H3;6-7H,1-5H2. The van der Waals surface area contributed by atoms with Crippen LogP contribution in [0.15, 0.2) is 35.1 Å². The van der Waals surface area contributed by atoms with Gasteiger partial charge in [-0.05, 0) is 70.2 Å². The van der Waals surface area contributed by atoms with Crippen molar-refractivity contribution >= 4 is 49.1 Å². The van der Waals surface area contributed by atoms with Crippen LogP contribution in [-0.4, -0.2) is 82.4 Å². The maximum atomic E-state index is 15.9. The number of thiophene rings is 1. The van der Waals surface area contributed by atoms with E-state index in [0.29, 0.717) is 35.7 Å². The summed E-state index contributed by atoms with van der Waals surface area (Å²) in [6.07, 6.45) is 1.42. The van der Waals surface area contributed by atoms with Crippen LogP contribution in [0, 0.1) is 23.0 Å². The van der Waals surface area contributed by atoms with Crippen molar-refractivity contribution in [2.45, 2.75) is 70.4 Å². The molecule has 3 aliphatic rings. The number of benzene rings is 2. The maximum Gasteiger partial charge on any atom is 0.417 e. The van der Waals surface area contributed by atoms with Gasteiger partial charge in [-0.3, -0.25) is 9.69 Å². The van der Waals surface area contributed by atoms with E-state index in [4.69, 9.17) is 10.5 Å². The highest BCUT2D eigenvalue weighted by atomic mass is 32.1. The van der Waals surface area contributed by atoms with Gasteiger partial charge in [0, 0.05) is 54.1 Å². The Balaban J connectivity index is 0.000000187. The van der Waals surface area contributed by atoms with Gasteiger partial charge in [0.25, 0.3) is 5.91 Å². The predicted octanol–water partition coefficient (Wildman–Crippen LogP) is 8.19. The third-order valence-electron chi connectivity index (χ3n) is 9.87. The summed E-state index contributed by atoms with van der Waals surface area (Å²) in [6, 6.07) is 6.69. The number of nitrogen functional groups attached to an aromatic ring is 1. The number of nitrogens with one attached hydrogen (secondary N) is 1. The molecule has 0 spiro atoms. The van der Waals surface area contributed by atoms with E-state index in [-0.39, 0.29) is 55.9 Å². The Hall–Kier alpha value is -5.15. The number of nitriles is 1. The molecule has 3 fully saturated rings. The number of rotatable bonds is 5. The molecule has 0 saturated carbocycles. The van der Waals surface area contributed by atoms with Crippen molar-refractivity contribution in [3.63, 3.8) is 0 Å². The molecule has 5 aromatic rings. The number of nitrogens with two attached hydrogens (primary N) is 1. The van der Waals surface area contributed by atoms with E-state index in [0.717, 1.165) is 50.6 Å². The molecule has 18 heteroatoms. The number of anilines is 2. The number of nitrogens with zero attached hydrogens (tertiary/aromatic N) is 6. The van der Waals surface area contributed by atoms with Crippen LogP contribution >= 0.6 is 11.3 Å². The van der Waals surface area contributed by atoms with Crippen molar-refractivity contribution in [3.05, 3.63) is 59.0 Å². The molecule has 3 aromatic heterocycles. The van der Waals surface area contributed by atoms with E-state index in [1.54, 1.807) is 19.1 Å². The molecule has 3 saturated heterocycles. The van der Waals surface area contributed by atoms with Crippen LogP contribution in [0.1, 0.15) is 67.6 Å². The van der Waals surface area contributed by atoms with Gasteiger partial charge in [-0.1, -0.05) is 11.2 Å². The van der Waals surface area contributed by atoms with Crippen molar-refractivity contribution in [1.82, 2.24) is 24.9 Å². The van der Waals surface area contributed by atoms with Crippen molar-refractivity contribution < 1.29 is 40.4 Å². The lowest BCUT2D eigenvalue weighted by Gasteiger charge is -2.19. The lowest BCUT2D eigenvalue weighted by atomic mass is 9.92. The lowest BCUT2D eigenvalue weighted by molar-refractivity contribution is -0.137. The van der Waals surface area contributed by atoms with Gasteiger partial charge in [0.05, 0.1) is 22.9 Å². The number of carbonyl (C=O) groups is 1. The number of halogens is 6. The minimum atomic E-state index is -5.00. The van der Waals surface area contributed by atoms with Crippen LogP contribution in [0.25, 0.3) is 32.1 Å². The first-order chi connectivity index (χ1) is 26.3. The summed E-state index contributed by atoms with van der Waals surface area (Å²) < 4.78 is 94.8. The molecule has 3 aliphatic heterocycles. The molecule has 292 valence electrons. The normalized spacial score (nSPS) is 19.4. The van der Waals surface area contributed by atoms with Crippen LogP contribution < -0.4 is 15.8 Å². The number of alkyl halides is 4. The van der Waals surface area contributed by atoms with E-state index in [9.17, 15) is 32.0 Å². The number of methoxy groups -OCH3 is 1. The molecule has 0 aliphatic carbocycles. The topological polar surface area (TPSA) is 146 Å². The first-order valence-corrected chi connectivity index (χ1v) is 18.5. The average molecular weight is 789 g/mol. The predicted molar refractivity (Wildman–Crippen MR) is 195 cm³/mol. The fourth-order valence-electron chi connectivity index (χ4n) is 7.33. The van der Waals surface area contributed by atoms with Gasteiger partial charge in [0.1, 0.15) is 40.7 Å². The number of aromatic nitrogens is 3. The van der Waals surface area contributed by atoms with Gasteiger partial charge in [0.2, 0.25) is 0 Å². The summed E-state index contributed by atoms with van der Waals surface area (Å²) in [6.45, 7) is 6.74. The second kappa shape index (κ2) is 16.3. The van der Waals surface area contributed by atoms with Crippen LogP contribution in [-0.2, 0) is 6.18 Å². The smallest absolute Gasteiger partial charge is 0.417 e. The third-order valence-corrected chi connectivity index (χ3v) is 10.9. The highest BCUT2D eigenvalue weighted by Gasteiger charge is 2.38. The van der Waals surface area contributed by atoms with E-state index >= 15 is 4.39 Å². The number of hydrogen-bond donors (Lipinski definition) is 2. The zero-order valence-corrected chi connectivity index (χ0v) is 31.0. The number of hydrogen-bond acceptors (Lipinski definition) is 11. The van der Waals surface area contributed by atoms with Crippen LogP contribution in [0.4, 0.5) is 37.2 Å². The summed E-state index contributed by atoms with van der Waals surface area (Å²) in [7, 11) is 1.23. The number of carbonyl (C=O) groups excluding carboxylic acids is 1. The van der Waals surface area contributed by atoms with Crippen LogP contribution in [0.2, 0.25) is 0 Å². The van der Waals surface area contributed by atoms with E-state index in [2.05, 4.69) is 36.8 Å². The van der Waals surface area contributed by atoms with E-state index in [1.165, 1.54) is 26.2 Å². The molecule has 3 unspecified atom stereocenters. The Morgan fingerprint density at radius 3 is 2.56 bits per heavy atom. The molecule has 2 aromatic carbocycles. The molecule has 11 nitrogen and oxygen atoms in total. The SMILES string of the molecule is CC1CCCN1C(=O)c1ccon1.CCNc1nc(OC)nc2c(F)c(-c3ccc(F)c4sc(N)c(C#N)c34)c(C(F)(F)F)cc12.FC1CC2CCCN2C1. The largest absolute Gasteiger partial charge is 0.467 e. The monoisotopic (exact) mass is 788 g/mol. The van der Waals surface area contributed by atoms with Crippen molar-refractivity contribution in [1.29, 1.82) is 5.26 Å². The van der Waals surface area contributed by atoms with Gasteiger partial charge in [0.15, 0.2) is 11.5 Å². The Kier molecular flexibility index (Phi) is 11.7. The fraction of sp³-hybridized carbons (Fsp3) is 0.432. The molecule has 55 heavy (non-hydrogen) atoms. The van der Waals surface area contributed by atoms with Crippen LogP contribution in [0.3, 0.4) is 0 Å². The quantitative estimate of drug-likeness (QED) is 0.167. The summed E-state index contributed by atoms with van der Waals surface area (Å²) in [4.78, 5) is 23.7. The van der Waals surface area contributed by atoms with Crippen LogP contribution in [0.5, 0.6) is 6.01 Å². The van der Waals surface area contributed by atoms with Gasteiger partial charge in [-0.25, -0.2) is 13.2 Å². The van der Waals surface area contributed by atoms with Crippen molar-refractivity contribution in [2.24, 2.45) is 0 Å². The minimum Gasteiger partial charge on any atom is -0.467 e. The zero-order chi connectivity index (χ0) is 39.6. The molecule has 3 N–H and O–H groups in total. The van der Waals surface area contributed by atoms with Gasteiger partial charge >= 0.3 is 12.2 Å². The molecule has 6 heterocycles. The van der Waals surface area contributed by atoms with Crippen molar-refractivity contribution in [3.8, 4) is 23.2 Å². The summed E-state index contributed by atoms with van der Waals surface area (Å²) >= 11 is 0.698. The number of ether oxygens (including phenoxy) is 1. The Labute approximate surface area is 316 Å². The van der Waals surface area contributed by atoms with Gasteiger partial charge < -0.3 is 25.2 Å². The minimum absolute atomic E-state index is 0.0150. The first kappa shape index (κ1) is 39.5. The number of amides is 1. The summed E-state index contributed by atoms with van der Waals surface area (Å²) in [5.41, 5.74) is 3.00. The first-order valence-electron chi connectivity index (χ1n) is 17.7. The fourth-order valence-corrected chi connectivity index (χ4v) is 8.28. The number of fused-ring (bicyclic) bond motifs is 3. The van der Waals surface area contributed by atoms with Gasteiger partial charge in [-0.2, -0.15) is 28.4 Å². The molecular weight excluding hydrogens is 751 g/mol. The molecular formula is C37H38F6N8O3S. The lowest BCUT2D eigenvalue weighted by Crippen LogP contribution is -2.33. The Bertz CT molecular complexity index is 2210. The highest BCUT2D eigenvalue weighted by Crippen LogP contribution is 2.47. The summed E-state index contributed by atoms with van der Waals surface area (Å²) in [5.74, 6) is -2.17. The second-order valence-electron chi connectivity index (χ2n) is 13.3. The van der Waals surface area contributed by atoms with E-state index in [1.807, 2.05) is 4.90 Å². The Morgan fingerprint density at radius 2 is 1.95 bits per heavy atom. The van der Waals surface area contributed by atoms with Gasteiger partial charge in [-0.15, -0.1) is 11.3 Å². The maximum absolute atomic E-state index is 15.9. The molecule has 0 radical (unpaired) electrons. The number of likely N-dealkylation sites (tertiary alicyclic amines) is 1. The molecule has 3 atom stereocenters. The van der Waals surface area contributed by atoms with Crippen molar-refractivity contribution in [2.75, 3.05) is 44.3 Å². The molecule has 8 rings (SSSR count). The Morgan fingerprint density at radius 1 is 1.18 bits per heavy atom. The average Bonchev–Trinajstić information content (AvgIpc) is 3.99. The molecule has 1 amide bonds. The third kappa shape index (κ3) is 7.99. The highest BCUT2D eigenvalue weighted by molar-refractivity contribution is 7.23. The second-order valence-corrected chi connectivity index (χ2v) is 14.4. The zero-order valence-electron chi connectivity index (χ0n) is 30.1. The molecule has 0 bridgehead atoms. The van der Waals surface area contributed by atoms with E-state index < -0.39 is 40.6 Å². The summed E-state index contributed by atoms with van der Waals surface area (Å²) in [5, 5.41) is 15.4.